The molecule has 2 nitrogen and oxygen atoms in total. The maximum Gasteiger partial charge on any atom is 0.126 e. The Morgan fingerprint density at radius 3 is 2.72 bits per heavy atom. The van der Waals surface area contributed by atoms with Crippen molar-refractivity contribution in [2.45, 2.75) is 12.8 Å². The van der Waals surface area contributed by atoms with Gasteiger partial charge in [-0.05, 0) is 28.8 Å². The third-order valence-electron chi connectivity index (χ3n) is 3.35. The summed E-state index contributed by atoms with van der Waals surface area (Å²) in [5.41, 5.74) is 3.89. The van der Waals surface area contributed by atoms with E-state index in [4.69, 9.17) is 9.47 Å². The molecule has 0 atom stereocenters. The van der Waals surface area contributed by atoms with Gasteiger partial charge in [-0.15, -0.1) is 0 Å². The minimum atomic E-state index is 0.814. The topological polar surface area (TPSA) is 18.5 Å². The van der Waals surface area contributed by atoms with E-state index in [0.717, 1.165) is 30.9 Å². The van der Waals surface area contributed by atoms with Gasteiger partial charge < -0.3 is 9.47 Å². The smallest absolute Gasteiger partial charge is 0.126 e. The summed E-state index contributed by atoms with van der Waals surface area (Å²) in [4.78, 5) is 0. The van der Waals surface area contributed by atoms with Crippen LogP contribution in [0, 0.1) is 0 Å². The van der Waals surface area contributed by atoms with E-state index in [9.17, 15) is 0 Å². The van der Waals surface area contributed by atoms with Gasteiger partial charge in [0, 0.05) is 12.8 Å². The molecular formula is C16H16O2. The van der Waals surface area contributed by atoms with Crippen molar-refractivity contribution in [1.82, 2.24) is 0 Å². The van der Waals surface area contributed by atoms with Crippen LogP contribution in [0.5, 0.6) is 11.5 Å². The monoisotopic (exact) mass is 240 g/mol. The van der Waals surface area contributed by atoms with Crippen molar-refractivity contribution in [1.29, 1.82) is 0 Å². The second kappa shape index (κ2) is 4.73. The zero-order valence-corrected chi connectivity index (χ0v) is 10.5. The molecule has 3 rings (SSSR count). The minimum Gasteiger partial charge on any atom is -0.497 e. The molecule has 2 aromatic carbocycles. The summed E-state index contributed by atoms with van der Waals surface area (Å²) in [5, 5.41) is 0. The average molecular weight is 240 g/mol. The van der Waals surface area contributed by atoms with Crippen LogP contribution in [0.3, 0.4) is 0 Å². The fourth-order valence-electron chi connectivity index (χ4n) is 2.39. The molecule has 18 heavy (non-hydrogen) atoms. The van der Waals surface area contributed by atoms with Crippen molar-refractivity contribution in [3.8, 4) is 11.5 Å². The average Bonchev–Trinajstić information content (AvgIpc) is 2.89. The van der Waals surface area contributed by atoms with Gasteiger partial charge in [0.15, 0.2) is 0 Å². The molecule has 0 unspecified atom stereocenters. The molecule has 0 aliphatic carbocycles. The molecule has 92 valence electrons. The quantitative estimate of drug-likeness (QED) is 0.820. The maximum absolute atomic E-state index is 5.72. The van der Waals surface area contributed by atoms with Crippen molar-refractivity contribution >= 4 is 0 Å². The highest BCUT2D eigenvalue weighted by molar-refractivity contribution is 5.46. The summed E-state index contributed by atoms with van der Waals surface area (Å²) in [7, 11) is 1.69. The zero-order valence-electron chi connectivity index (χ0n) is 10.5. The van der Waals surface area contributed by atoms with Crippen LogP contribution in [-0.2, 0) is 12.8 Å². The van der Waals surface area contributed by atoms with Crippen LogP contribution in [0.15, 0.2) is 42.5 Å². The molecular weight excluding hydrogens is 224 g/mol. The highest BCUT2D eigenvalue weighted by atomic mass is 16.5. The second-order valence-electron chi connectivity index (χ2n) is 4.53. The summed E-state index contributed by atoms with van der Waals surface area (Å²) in [6, 6.07) is 14.6. The first-order valence-electron chi connectivity index (χ1n) is 6.23. The second-order valence-corrected chi connectivity index (χ2v) is 4.53. The Bertz CT molecular complexity index is 544. The lowest BCUT2D eigenvalue weighted by molar-refractivity contribution is 0.354. The van der Waals surface area contributed by atoms with Gasteiger partial charge in [-0.25, -0.2) is 0 Å². The Hall–Kier alpha value is -1.96. The molecule has 0 spiro atoms. The molecule has 0 N–H and O–H groups in total. The van der Waals surface area contributed by atoms with Crippen LogP contribution >= 0.6 is 0 Å². The lowest BCUT2D eigenvalue weighted by atomic mass is 10.0. The number of methoxy groups -OCH3 is 1. The lowest BCUT2D eigenvalue weighted by Gasteiger charge is -2.08. The Balaban J connectivity index is 1.86. The van der Waals surface area contributed by atoms with Crippen LogP contribution in [0.2, 0.25) is 0 Å². The number of ether oxygens (including phenoxy) is 2. The van der Waals surface area contributed by atoms with Gasteiger partial charge in [-0.2, -0.15) is 0 Å². The number of hydrogen-bond acceptors (Lipinski definition) is 2. The number of fused-ring (bicyclic) bond motifs is 1. The maximum atomic E-state index is 5.72. The summed E-state index contributed by atoms with van der Waals surface area (Å²) in [6.45, 7) is 0.814. The zero-order chi connectivity index (χ0) is 12.4. The molecule has 0 bridgehead atoms. The summed E-state index contributed by atoms with van der Waals surface area (Å²) < 4.78 is 10.9. The summed E-state index contributed by atoms with van der Waals surface area (Å²) in [5.74, 6) is 1.99. The highest BCUT2D eigenvalue weighted by Crippen LogP contribution is 2.31. The van der Waals surface area contributed by atoms with Crippen molar-refractivity contribution in [2.75, 3.05) is 13.7 Å². The Kier molecular flexibility index (Phi) is 2.93. The van der Waals surface area contributed by atoms with E-state index >= 15 is 0 Å². The first kappa shape index (κ1) is 11.1. The standard InChI is InChI=1S/C16H16O2/c1-17-15-7-5-12(6-8-15)11-14-4-2-3-13-9-10-18-16(13)14/h2-8H,9-11H2,1H3. The SMILES string of the molecule is COc1ccc(Cc2cccc3c2OCC3)cc1. The van der Waals surface area contributed by atoms with Gasteiger partial charge in [-0.3, -0.25) is 0 Å². The molecule has 2 aromatic rings. The number of benzene rings is 2. The molecule has 0 saturated heterocycles. The Morgan fingerprint density at radius 1 is 1.11 bits per heavy atom. The predicted octanol–water partition coefficient (Wildman–Crippen LogP) is 3.22. The van der Waals surface area contributed by atoms with E-state index in [2.05, 4.69) is 30.3 Å². The van der Waals surface area contributed by atoms with Crippen LogP contribution in [-0.4, -0.2) is 13.7 Å². The number of para-hydroxylation sites is 1. The highest BCUT2D eigenvalue weighted by Gasteiger charge is 2.15. The van der Waals surface area contributed by atoms with E-state index in [-0.39, 0.29) is 0 Å². The van der Waals surface area contributed by atoms with E-state index in [0.29, 0.717) is 0 Å². The van der Waals surface area contributed by atoms with E-state index < -0.39 is 0 Å². The van der Waals surface area contributed by atoms with Gasteiger partial charge in [0.25, 0.3) is 0 Å². The lowest BCUT2D eigenvalue weighted by Crippen LogP contribution is -1.93. The molecule has 0 aromatic heterocycles. The fourth-order valence-corrected chi connectivity index (χ4v) is 2.39. The molecule has 0 radical (unpaired) electrons. The summed E-state index contributed by atoms with van der Waals surface area (Å²) >= 11 is 0. The van der Waals surface area contributed by atoms with Crippen molar-refractivity contribution < 1.29 is 9.47 Å². The molecule has 0 amide bonds. The largest absolute Gasteiger partial charge is 0.497 e. The van der Waals surface area contributed by atoms with E-state index in [1.165, 1.54) is 16.7 Å². The van der Waals surface area contributed by atoms with Gasteiger partial charge >= 0.3 is 0 Å². The first-order valence-corrected chi connectivity index (χ1v) is 6.23. The predicted molar refractivity (Wildman–Crippen MR) is 71.4 cm³/mol. The third-order valence-corrected chi connectivity index (χ3v) is 3.35. The van der Waals surface area contributed by atoms with Crippen molar-refractivity contribution in [2.24, 2.45) is 0 Å². The van der Waals surface area contributed by atoms with Gasteiger partial charge in [0.2, 0.25) is 0 Å². The molecule has 2 heteroatoms. The number of hydrogen-bond donors (Lipinski definition) is 0. The molecule has 0 fully saturated rings. The Morgan fingerprint density at radius 2 is 1.94 bits per heavy atom. The van der Waals surface area contributed by atoms with Crippen LogP contribution < -0.4 is 9.47 Å². The molecule has 1 aliphatic heterocycles. The van der Waals surface area contributed by atoms with Crippen LogP contribution in [0.1, 0.15) is 16.7 Å². The summed E-state index contributed by atoms with van der Waals surface area (Å²) in [6.07, 6.45) is 1.94. The van der Waals surface area contributed by atoms with E-state index in [1.807, 2.05) is 12.1 Å². The van der Waals surface area contributed by atoms with Crippen molar-refractivity contribution in [3.63, 3.8) is 0 Å². The minimum absolute atomic E-state index is 0.814. The van der Waals surface area contributed by atoms with Gasteiger partial charge in [0.1, 0.15) is 11.5 Å². The van der Waals surface area contributed by atoms with Gasteiger partial charge in [-0.1, -0.05) is 30.3 Å². The normalized spacial score (nSPS) is 12.9. The van der Waals surface area contributed by atoms with Crippen LogP contribution in [0.25, 0.3) is 0 Å². The van der Waals surface area contributed by atoms with Gasteiger partial charge in [0.05, 0.1) is 13.7 Å². The third kappa shape index (κ3) is 2.06. The molecule has 1 aliphatic rings. The van der Waals surface area contributed by atoms with Crippen LogP contribution in [0.4, 0.5) is 0 Å². The molecule has 0 saturated carbocycles. The molecule has 1 heterocycles. The number of rotatable bonds is 3. The van der Waals surface area contributed by atoms with Crippen molar-refractivity contribution in [3.05, 3.63) is 59.2 Å². The fraction of sp³-hybridized carbons (Fsp3) is 0.250. The van der Waals surface area contributed by atoms with E-state index in [1.54, 1.807) is 7.11 Å². The Labute approximate surface area is 107 Å². The first-order chi connectivity index (χ1) is 8.86.